The van der Waals surface area contributed by atoms with Crippen LogP contribution in [0.15, 0.2) is 0 Å². The molecule has 0 aromatic rings. The largest absolute Gasteiger partial charge is 0.317 e. The number of nitrogens with zero attached hydrogens (tertiary/aromatic N) is 2. The highest BCUT2D eigenvalue weighted by Gasteiger charge is 2.30. The van der Waals surface area contributed by atoms with Crippen molar-refractivity contribution in [3.63, 3.8) is 0 Å². The fraction of sp³-hybridized carbons (Fsp3) is 1.00. The molecule has 0 saturated carbocycles. The third kappa shape index (κ3) is 5.28. The van der Waals surface area contributed by atoms with Crippen molar-refractivity contribution in [2.45, 2.75) is 19.8 Å². The van der Waals surface area contributed by atoms with Crippen molar-refractivity contribution in [3.8, 4) is 0 Å². The SMILES string of the molecule is CCNCCCN(C)S(=O)(=O)N1CCCS(=O)(=O)CC1. The van der Waals surface area contributed by atoms with E-state index < -0.39 is 20.0 Å². The molecule has 9 heteroatoms. The molecule has 1 heterocycles. The fourth-order valence-corrected chi connectivity index (χ4v) is 4.89. The van der Waals surface area contributed by atoms with Gasteiger partial charge in [0.25, 0.3) is 10.2 Å². The van der Waals surface area contributed by atoms with Gasteiger partial charge >= 0.3 is 0 Å². The molecular formula is C11H25N3O4S2. The van der Waals surface area contributed by atoms with Gasteiger partial charge in [0.15, 0.2) is 9.84 Å². The van der Waals surface area contributed by atoms with Gasteiger partial charge < -0.3 is 5.32 Å². The lowest BCUT2D eigenvalue weighted by atomic mass is 10.4. The Labute approximate surface area is 122 Å². The minimum Gasteiger partial charge on any atom is -0.317 e. The van der Waals surface area contributed by atoms with Crippen molar-refractivity contribution in [2.24, 2.45) is 0 Å². The first kappa shape index (κ1) is 17.8. The predicted molar refractivity (Wildman–Crippen MR) is 79.6 cm³/mol. The Bertz CT molecular complexity index is 490. The molecule has 1 rings (SSSR count). The summed E-state index contributed by atoms with van der Waals surface area (Å²) in [7, 11) is -5.10. The molecule has 0 amide bonds. The standard InChI is InChI=1S/C11H25N3O4S2/c1-3-12-6-4-7-13(2)20(17,18)14-8-5-10-19(15,16)11-9-14/h12H,3-11H2,1-2H3. The van der Waals surface area contributed by atoms with Gasteiger partial charge in [-0.25, -0.2) is 8.42 Å². The summed E-state index contributed by atoms with van der Waals surface area (Å²) in [5, 5.41) is 3.14. The minimum atomic E-state index is -3.55. The molecule has 0 radical (unpaired) electrons. The van der Waals surface area contributed by atoms with E-state index >= 15 is 0 Å². The van der Waals surface area contributed by atoms with Crippen LogP contribution in [0.3, 0.4) is 0 Å². The van der Waals surface area contributed by atoms with Crippen LogP contribution in [0.2, 0.25) is 0 Å². The summed E-state index contributed by atoms with van der Waals surface area (Å²) in [5.74, 6) is -0.0133. The second-order valence-corrected chi connectivity index (χ2v) is 9.28. The third-order valence-electron chi connectivity index (χ3n) is 3.31. The van der Waals surface area contributed by atoms with Crippen LogP contribution in [0.25, 0.3) is 0 Å². The molecule has 0 spiro atoms. The van der Waals surface area contributed by atoms with Crippen molar-refractivity contribution >= 4 is 20.0 Å². The smallest absolute Gasteiger partial charge is 0.281 e. The molecule has 120 valence electrons. The summed E-state index contributed by atoms with van der Waals surface area (Å²) >= 11 is 0. The van der Waals surface area contributed by atoms with Crippen LogP contribution in [0.1, 0.15) is 19.8 Å². The van der Waals surface area contributed by atoms with Crippen LogP contribution in [0, 0.1) is 0 Å². The van der Waals surface area contributed by atoms with Crippen molar-refractivity contribution in [2.75, 3.05) is 51.3 Å². The Morgan fingerprint density at radius 1 is 1.25 bits per heavy atom. The first-order valence-corrected chi connectivity index (χ1v) is 10.1. The van der Waals surface area contributed by atoms with E-state index in [1.807, 2.05) is 6.92 Å². The third-order valence-corrected chi connectivity index (χ3v) is 7.01. The monoisotopic (exact) mass is 327 g/mol. The quantitative estimate of drug-likeness (QED) is 0.624. The van der Waals surface area contributed by atoms with Crippen molar-refractivity contribution in [3.05, 3.63) is 0 Å². The lowest BCUT2D eigenvalue weighted by Crippen LogP contribution is -2.43. The van der Waals surface area contributed by atoms with Gasteiger partial charge in [-0.15, -0.1) is 0 Å². The summed E-state index contributed by atoms with van der Waals surface area (Å²) in [4.78, 5) is 0. The van der Waals surface area contributed by atoms with Gasteiger partial charge in [-0.2, -0.15) is 17.0 Å². The molecule has 1 N–H and O–H groups in total. The highest BCUT2D eigenvalue weighted by Crippen LogP contribution is 2.12. The van der Waals surface area contributed by atoms with Crippen LogP contribution in [0.4, 0.5) is 0 Å². The van der Waals surface area contributed by atoms with E-state index in [0.29, 0.717) is 13.0 Å². The zero-order chi connectivity index (χ0) is 15.2. The Morgan fingerprint density at radius 2 is 1.95 bits per heavy atom. The molecule has 0 aromatic carbocycles. The van der Waals surface area contributed by atoms with Gasteiger partial charge in [0.05, 0.1) is 11.5 Å². The molecule has 0 aromatic heterocycles. The predicted octanol–water partition coefficient (Wildman–Crippen LogP) is -0.717. The summed E-state index contributed by atoms with van der Waals surface area (Å²) in [6, 6.07) is 0. The Kier molecular flexibility index (Phi) is 6.86. The molecule has 0 atom stereocenters. The molecular weight excluding hydrogens is 302 g/mol. The highest BCUT2D eigenvalue weighted by atomic mass is 32.2. The van der Waals surface area contributed by atoms with Crippen LogP contribution in [0.5, 0.6) is 0 Å². The van der Waals surface area contributed by atoms with Gasteiger partial charge in [0.1, 0.15) is 0 Å². The maximum absolute atomic E-state index is 12.3. The topological polar surface area (TPSA) is 86.8 Å². The van der Waals surface area contributed by atoms with E-state index in [-0.39, 0.29) is 24.6 Å². The molecule has 20 heavy (non-hydrogen) atoms. The molecule has 1 fully saturated rings. The van der Waals surface area contributed by atoms with E-state index in [9.17, 15) is 16.8 Å². The van der Waals surface area contributed by atoms with Crippen LogP contribution < -0.4 is 5.32 Å². The molecule has 0 unspecified atom stereocenters. The lowest BCUT2D eigenvalue weighted by Gasteiger charge is -2.26. The van der Waals surface area contributed by atoms with Crippen molar-refractivity contribution in [1.82, 2.24) is 13.9 Å². The number of sulfone groups is 1. The first-order valence-electron chi connectivity index (χ1n) is 6.92. The van der Waals surface area contributed by atoms with Crippen LogP contribution in [-0.2, 0) is 20.0 Å². The van der Waals surface area contributed by atoms with E-state index in [2.05, 4.69) is 5.32 Å². The molecule has 0 aliphatic carbocycles. The van der Waals surface area contributed by atoms with Gasteiger partial charge in [-0.1, -0.05) is 6.92 Å². The van der Waals surface area contributed by atoms with Gasteiger partial charge in [0.2, 0.25) is 0 Å². The van der Waals surface area contributed by atoms with E-state index in [1.165, 1.54) is 8.61 Å². The van der Waals surface area contributed by atoms with Gasteiger partial charge in [-0.05, 0) is 25.9 Å². The first-order chi connectivity index (χ1) is 9.29. The number of rotatable bonds is 7. The number of hydrogen-bond donors (Lipinski definition) is 1. The normalized spacial score (nSPS) is 20.9. The molecule has 7 nitrogen and oxygen atoms in total. The number of nitrogens with one attached hydrogen (secondary N) is 1. The zero-order valence-corrected chi connectivity index (χ0v) is 13.8. The van der Waals surface area contributed by atoms with Crippen LogP contribution >= 0.6 is 0 Å². The van der Waals surface area contributed by atoms with Crippen LogP contribution in [-0.4, -0.2) is 76.7 Å². The summed E-state index contributed by atoms with van der Waals surface area (Å²) in [6.45, 7) is 4.39. The Morgan fingerprint density at radius 3 is 2.60 bits per heavy atom. The van der Waals surface area contributed by atoms with E-state index in [0.717, 1.165) is 19.5 Å². The Balaban J connectivity index is 2.58. The second kappa shape index (κ2) is 7.69. The fourth-order valence-electron chi connectivity index (χ4n) is 2.06. The maximum Gasteiger partial charge on any atom is 0.281 e. The van der Waals surface area contributed by atoms with Gasteiger partial charge in [0, 0.05) is 26.7 Å². The lowest BCUT2D eigenvalue weighted by molar-refractivity contribution is 0.368. The maximum atomic E-state index is 12.3. The van der Waals surface area contributed by atoms with Crippen molar-refractivity contribution < 1.29 is 16.8 Å². The van der Waals surface area contributed by atoms with E-state index in [1.54, 1.807) is 7.05 Å². The Hall–Kier alpha value is -0.220. The molecule has 0 bridgehead atoms. The summed E-state index contributed by atoms with van der Waals surface area (Å²) < 4.78 is 50.3. The molecule has 1 aliphatic rings. The zero-order valence-electron chi connectivity index (χ0n) is 12.2. The highest BCUT2D eigenvalue weighted by molar-refractivity contribution is 7.91. The molecule has 1 saturated heterocycles. The van der Waals surface area contributed by atoms with Gasteiger partial charge in [-0.3, -0.25) is 0 Å². The summed E-state index contributed by atoms with van der Waals surface area (Å²) in [5.41, 5.74) is 0. The average Bonchev–Trinajstić information content (AvgIpc) is 2.55. The number of hydrogen-bond acceptors (Lipinski definition) is 5. The molecule has 1 aliphatic heterocycles. The van der Waals surface area contributed by atoms with Crippen molar-refractivity contribution in [1.29, 1.82) is 0 Å². The summed E-state index contributed by atoms with van der Waals surface area (Å²) in [6.07, 6.45) is 1.10. The average molecular weight is 327 g/mol. The van der Waals surface area contributed by atoms with E-state index in [4.69, 9.17) is 0 Å². The minimum absolute atomic E-state index is 0.0578. The second-order valence-electron chi connectivity index (χ2n) is 4.94.